The Morgan fingerprint density at radius 2 is 1.67 bits per heavy atom. The Hall–Kier alpha value is -0.0951. The molecule has 2 atom stereocenters. The van der Waals surface area contributed by atoms with E-state index in [0.717, 1.165) is 43.7 Å². The fourth-order valence-corrected chi connectivity index (χ4v) is 6.49. The summed E-state index contributed by atoms with van der Waals surface area (Å²) in [7, 11) is -1.21. The number of nitrogens with two attached hydrogens (primary N) is 1. The van der Waals surface area contributed by atoms with Gasteiger partial charge < -0.3 is 20.7 Å². The maximum atomic E-state index is 9.54. The normalized spacial score (nSPS) is 47.0. The SMILES string of the molecule is NC(CN1CCC[C@H]1B(O)O)C12CC3CC(CC(C3)C1)C2. The highest BCUT2D eigenvalue weighted by Crippen LogP contribution is 2.61. The summed E-state index contributed by atoms with van der Waals surface area (Å²) in [6.07, 6.45) is 10.3. The van der Waals surface area contributed by atoms with E-state index >= 15 is 0 Å². The topological polar surface area (TPSA) is 69.7 Å². The third-order valence-electron chi connectivity index (χ3n) is 7.06. The molecule has 5 rings (SSSR count). The highest BCUT2D eigenvalue weighted by atomic mass is 16.4. The van der Waals surface area contributed by atoms with Gasteiger partial charge in [0.1, 0.15) is 0 Å². The van der Waals surface area contributed by atoms with Gasteiger partial charge in [0.25, 0.3) is 0 Å². The number of hydrogen-bond donors (Lipinski definition) is 3. The molecule has 1 unspecified atom stereocenters. The summed E-state index contributed by atoms with van der Waals surface area (Å²) in [6.45, 7) is 1.83. The van der Waals surface area contributed by atoms with E-state index in [2.05, 4.69) is 4.90 Å². The molecule has 4 N–H and O–H groups in total. The first-order valence-corrected chi connectivity index (χ1v) is 8.91. The number of rotatable bonds is 4. The molecule has 0 aromatic carbocycles. The van der Waals surface area contributed by atoms with Crippen molar-refractivity contribution in [3.05, 3.63) is 0 Å². The first-order chi connectivity index (χ1) is 10.1. The molecule has 0 amide bonds. The van der Waals surface area contributed by atoms with Crippen molar-refractivity contribution in [2.24, 2.45) is 28.9 Å². The lowest BCUT2D eigenvalue weighted by Gasteiger charge is -2.59. The highest BCUT2D eigenvalue weighted by Gasteiger charge is 2.53. The molecule has 5 aliphatic rings. The molecule has 0 spiro atoms. The molecule has 4 saturated carbocycles. The first kappa shape index (κ1) is 14.5. The van der Waals surface area contributed by atoms with Crippen LogP contribution >= 0.6 is 0 Å². The third-order valence-corrected chi connectivity index (χ3v) is 7.06. The minimum absolute atomic E-state index is 0.0926. The molecule has 5 fully saturated rings. The molecule has 1 aliphatic heterocycles. The van der Waals surface area contributed by atoms with Crippen LogP contribution in [0.3, 0.4) is 0 Å². The number of hydrogen-bond acceptors (Lipinski definition) is 4. The van der Waals surface area contributed by atoms with E-state index in [1.807, 2.05) is 0 Å². The molecule has 5 heteroatoms. The second-order valence-corrected chi connectivity index (χ2v) is 8.50. The summed E-state index contributed by atoms with van der Waals surface area (Å²) >= 11 is 0. The minimum atomic E-state index is -1.21. The van der Waals surface area contributed by atoms with Gasteiger partial charge in [-0.05, 0) is 81.1 Å². The van der Waals surface area contributed by atoms with Crippen molar-refractivity contribution in [3.8, 4) is 0 Å². The molecule has 4 aliphatic carbocycles. The lowest BCUT2D eigenvalue weighted by molar-refractivity contribution is -0.0714. The van der Waals surface area contributed by atoms with Crippen molar-refractivity contribution in [1.82, 2.24) is 4.90 Å². The Morgan fingerprint density at radius 3 is 2.19 bits per heavy atom. The van der Waals surface area contributed by atoms with E-state index in [0.29, 0.717) is 5.41 Å². The van der Waals surface area contributed by atoms with Gasteiger partial charge in [0.2, 0.25) is 0 Å². The molecular formula is C16H29BN2O2. The van der Waals surface area contributed by atoms with Crippen LogP contribution in [0.4, 0.5) is 0 Å². The molecule has 0 aromatic rings. The maximum absolute atomic E-state index is 9.54. The summed E-state index contributed by atoms with van der Waals surface area (Å²) in [6, 6.07) is 0.213. The van der Waals surface area contributed by atoms with E-state index in [1.54, 1.807) is 0 Å². The third kappa shape index (κ3) is 2.46. The largest absolute Gasteiger partial charge is 0.469 e. The summed E-state index contributed by atoms with van der Waals surface area (Å²) in [5.74, 6) is 2.70. The average Bonchev–Trinajstić information content (AvgIpc) is 2.85. The van der Waals surface area contributed by atoms with Gasteiger partial charge in [-0.2, -0.15) is 0 Å². The monoisotopic (exact) mass is 292 g/mol. The zero-order chi connectivity index (χ0) is 14.6. The van der Waals surface area contributed by atoms with Crippen LogP contribution in [0, 0.1) is 23.2 Å². The summed E-state index contributed by atoms with van der Waals surface area (Å²) in [5, 5.41) is 19.1. The van der Waals surface area contributed by atoms with Gasteiger partial charge in [0.05, 0.1) is 0 Å². The standard InChI is InChI=1S/C16H29BN2O2/c18-14(10-19-3-1-2-15(19)17(20)21)16-7-11-4-12(8-16)6-13(5-11)9-16/h11-15,20-21H,1-10,18H2/t11?,12?,13?,14?,15-,16?/m0/s1. The van der Waals surface area contributed by atoms with Crippen molar-refractivity contribution in [2.75, 3.05) is 13.1 Å². The van der Waals surface area contributed by atoms with E-state index in [-0.39, 0.29) is 12.0 Å². The molecule has 0 radical (unpaired) electrons. The Morgan fingerprint density at radius 1 is 1.10 bits per heavy atom. The zero-order valence-electron chi connectivity index (χ0n) is 13.0. The van der Waals surface area contributed by atoms with Crippen LogP contribution in [-0.4, -0.2) is 47.1 Å². The fraction of sp³-hybridized carbons (Fsp3) is 1.00. The van der Waals surface area contributed by atoms with Crippen LogP contribution in [0.2, 0.25) is 0 Å². The van der Waals surface area contributed by atoms with Gasteiger partial charge in [-0.3, -0.25) is 0 Å². The van der Waals surface area contributed by atoms with E-state index in [4.69, 9.17) is 5.73 Å². The van der Waals surface area contributed by atoms with Crippen LogP contribution in [0.5, 0.6) is 0 Å². The summed E-state index contributed by atoms with van der Waals surface area (Å²) in [4.78, 5) is 2.24. The van der Waals surface area contributed by atoms with Crippen LogP contribution in [-0.2, 0) is 0 Å². The van der Waals surface area contributed by atoms with Gasteiger partial charge in [-0.25, -0.2) is 0 Å². The molecule has 1 saturated heterocycles. The van der Waals surface area contributed by atoms with Crippen LogP contribution in [0.15, 0.2) is 0 Å². The second kappa shape index (κ2) is 5.22. The van der Waals surface area contributed by atoms with Gasteiger partial charge in [-0.15, -0.1) is 0 Å². The van der Waals surface area contributed by atoms with E-state index in [1.165, 1.54) is 38.5 Å². The summed E-state index contributed by atoms with van der Waals surface area (Å²) < 4.78 is 0. The fourth-order valence-electron chi connectivity index (χ4n) is 6.49. The predicted octanol–water partition coefficient (Wildman–Crippen LogP) is 1.01. The minimum Gasteiger partial charge on any atom is -0.426 e. The Kier molecular flexibility index (Phi) is 3.61. The number of nitrogens with zero attached hydrogens (tertiary/aromatic N) is 1. The Labute approximate surface area is 128 Å². The van der Waals surface area contributed by atoms with Crippen LogP contribution < -0.4 is 5.73 Å². The van der Waals surface area contributed by atoms with Gasteiger partial charge >= 0.3 is 7.12 Å². The Bertz CT molecular complexity index is 368. The molecule has 0 aromatic heterocycles. The average molecular weight is 292 g/mol. The van der Waals surface area contributed by atoms with Crippen LogP contribution in [0.1, 0.15) is 51.4 Å². The van der Waals surface area contributed by atoms with Crippen molar-refractivity contribution >= 4 is 7.12 Å². The Balaban J connectivity index is 1.46. The van der Waals surface area contributed by atoms with E-state index < -0.39 is 7.12 Å². The smallest absolute Gasteiger partial charge is 0.426 e. The molecule has 1 heterocycles. The summed E-state index contributed by atoms with van der Waals surface area (Å²) in [5.41, 5.74) is 7.07. The van der Waals surface area contributed by atoms with Crippen molar-refractivity contribution in [1.29, 1.82) is 0 Å². The number of likely N-dealkylation sites (tertiary alicyclic amines) is 1. The predicted molar refractivity (Wildman–Crippen MR) is 83.4 cm³/mol. The van der Waals surface area contributed by atoms with Crippen molar-refractivity contribution < 1.29 is 10.0 Å². The molecule has 21 heavy (non-hydrogen) atoms. The van der Waals surface area contributed by atoms with Crippen molar-refractivity contribution in [3.63, 3.8) is 0 Å². The highest BCUT2D eigenvalue weighted by molar-refractivity contribution is 6.43. The van der Waals surface area contributed by atoms with Crippen molar-refractivity contribution in [2.45, 2.75) is 63.3 Å². The van der Waals surface area contributed by atoms with Gasteiger partial charge in [-0.1, -0.05) is 0 Å². The second-order valence-electron chi connectivity index (χ2n) is 8.50. The lowest BCUT2D eigenvalue weighted by Crippen LogP contribution is -2.59. The zero-order valence-corrected chi connectivity index (χ0v) is 13.0. The van der Waals surface area contributed by atoms with E-state index in [9.17, 15) is 10.0 Å². The maximum Gasteiger partial charge on any atom is 0.469 e. The van der Waals surface area contributed by atoms with Gasteiger partial charge in [0.15, 0.2) is 0 Å². The first-order valence-electron chi connectivity index (χ1n) is 8.91. The molecular weight excluding hydrogens is 263 g/mol. The quantitative estimate of drug-likeness (QED) is 0.676. The van der Waals surface area contributed by atoms with Gasteiger partial charge in [0, 0.05) is 18.5 Å². The molecule has 4 bridgehead atoms. The molecule has 4 nitrogen and oxygen atoms in total. The van der Waals surface area contributed by atoms with Crippen LogP contribution in [0.25, 0.3) is 0 Å². The molecule has 118 valence electrons. The lowest BCUT2D eigenvalue weighted by atomic mass is 9.47.